The third-order valence-electron chi connectivity index (χ3n) is 4.15. The number of hydrazine groups is 1. The standard InChI is InChI=1S/C20H23IN2O3/c1-4-13(2)15-9-6-8-12-18(15)26-14(3)19(24)22-23-20(25)16-10-5-7-11-17(16)21/h5-14H,4H2,1-3H3,(H,22,24)(H,23,25). The van der Waals surface area contributed by atoms with Gasteiger partial charge in [0.05, 0.1) is 5.56 Å². The molecule has 5 nitrogen and oxygen atoms in total. The number of nitrogens with one attached hydrogen (secondary N) is 2. The third-order valence-corrected chi connectivity index (χ3v) is 5.09. The summed E-state index contributed by atoms with van der Waals surface area (Å²) in [5.74, 6) is 0.244. The van der Waals surface area contributed by atoms with Gasteiger partial charge in [-0.15, -0.1) is 0 Å². The van der Waals surface area contributed by atoms with Crippen LogP contribution in [0.3, 0.4) is 0 Å². The van der Waals surface area contributed by atoms with Crippen LogP contribution in [0.1, 0.15) is 49.0 Å². The SMILES string of the molecule is CCC(C)c1ccccc1OC(C)C(=O)NNC(=O)c1ccccc1I. The van der Waals surface area contributed by atoms with Crippen molar-refractivity contribution >= 4 is 34.4 Å². The van der Waals surface area contributed by atoms with Gasteiger partial charge < -0.3 is 4.74 Å². The number of para-hydroxylation sites is 1. The van der Waals surface area contributed by atoms with E-state index >= 15 is 0 Å². The van der Waals surface area contributed by atoms with Gasteiger partial charge in [-0.1, -0.05) is 44.2 Å². The van der Waals surface area contributed by atoms with E-state index in [2.05, 4.69) is 47.3 Å². The van der Waals surface area contributed by atoms with E-state index in [-0.39, 0.29) is 5.91 Å². The zero-order chi connectivity index (χ0) is 19.1. The Labute approximate surface area is 167 Å². The molecule has 6 heteroatoms. The van der Waals surface area contributed by atoms with E-state index in [0.29, 0.717) is 17.2 Å². The number of carbonyl (C=O) groups excluding carboxylic acids is 2. The van der Waals surface area contributed by atoms with Crippen LogP contribution < -0.4 is 15.6 Å². The molecular formula is C20H23IN2O3. The Hall–Kier alpha value is -2.09. The van der Waals surface area contributed by atoms with Crippen molar-refractivity contribution in [2.75, 3.05) is 0 Å². The van der Waals surface area contributed by atoms with Gasteiger partial charge >= 0.3 is 0 Å². The highest BCUT2D eigenvalue weighted by atomic mass is 127. The molecule has 0 radical (unpaired) electrons. The Bertz CT molecular complexity index is 779. The molecule has 138 valence electrons. The fourth-order valence-electron chi connectivity index (χ4n) is 2.39. The van der Waals surface area contributed by atoms with Gasteiger partial charge in [0.15, 0.2) is 6.10 Å². The molecule has 0 aliphatic carbocycles. The van der Waals surface area contributed by atoms with Crippen LogP contribution in [0.4, 0.5) is 0 Å². The molecule has 26 heavy (non-hydrogen) atoms. The number of carbonyl (C=O) groups is 2. The van der Waals surface area contributed by atoms with Crippen molar-refractivity contribution in [1.29, 1.82) is 0 Å². The second-order valence-corrected chi connectivity index (χ2v) is 7.19. The predicted octanol–water partition coefficient (Wildman–Crippen LogP) is 4.03. The maximum absolute atomic E-state index is 12.3. The number of hydrogen-bond donors (Lipinski definition) is 2. The molecule has 2 rings (SSSR count). The number of halogens is 1. The van der Waals surface area contributed by atoms with Crippen LogP contribution in [0.2, 0.25) is 0 Å². The summed E-state index contributed by atoms with van der Waals surface area (Å²) in [7, 11) is 0. The summed E-state index contributed by atoms with van der Waals surface area (Å²) in [6.07, 6.45) is 0.238. The van der Waals surface area contributed by atoms with Crippen LogP contribution in [0.15, 0.2) is 48.5 Å². The lowest BCUT2D eigenvalue weighted by atomic mass is 9.98. The first-order valence-electron chi connectivity index (χ1n) is 8.54. The number of rotatable bonds is 6. The lowest BCUT2D eigenvalue weighted by Gasteiger charge is -2.19. The van der Waals surface area contributed by atoms with E-state index in [1.165, 1.54) is 0 Å². The smallest absolute Gasteiger partial charge is 0.279 e. The minimum atomic E-state index is -0.740. The van der Waals surface area contributed by atoms with E-state index in [9.17, 15) is 9.59 Å². The average Bonchev–Trinajstić information content (AvgIpc) is 2.65. The van der Waals surface area contributed by atoms with Gasteiger partial charge in [-0.3, -0.25) is 20.4 Å². The van der Waals surface area contributed by atoms with Crippen molar-refractivity contribution < 1.29 is 14.3 Å². The van der Waals surface area contributed by atoms with E-state index in [1.54, 1.807) is 19.1 Å². The molecule has 2 unspecified atom stereocenters. The first-order chi connectivity index (χ1) is 12.4. The first-order valence-corrected chi connectivity index (χ1v) is 9.62. The van der Waals surface area contributed by atoms with E-state index < -0.39 is 12.0 Å². The Morgan fingerprint density at radius 3 is 2.38 bits per heavy atom. The molecule has 0 heterocycles. The molecular weight excluding hydrogens is 443 g/mol. The molecule has 2 N–H and O–H groups in total. The molecule has 0 saturated carbocycles. The minimum Gasteiger partial charge on any atom is -0.481 e. The number of benzene rings is 2. The lowest BCUT2D eigenvalue weighted by Crippen LogP contribution is -2.47. The number of amides is 2. The zero-order valence-electron chi connectivity index (χ0n) is 15.1. The van der Waals surface area contributed by atoms with Gasteiger partial charge in [0.25, 0.3) is 11.8 Å². The summed E-state index contributed by atoms with van der Waals surface area (Å²) in [5, 5.41) is 0. The van der Waals surface area contributed by atoms with Crippen LogP contribution in [0.5, 0.6) is 5.75 Å². The number of ether oxygens (including phenoxy) is 1. The van der Waals surface area contributed by atoms with Crippen molar-refractivity contribution in [3.63, 3.8) is 0 Å². The Balaban J connectivity index is 1.96. The summed E-state index contributed by atoms with van der Waals surface area (Å²) >= 11 is 2.08. The highest BCUT2D eigenvalue weighted by molar-refractivity contribution is 14.1. The molecule has 0 saturated heterocycles. The molecule has 2 atom stereocenters. The van der Waals surface area contributed by atoms with E-state index in [1.807, 2.05) is 36.4 Å². The summed E-state index contributed by atoms with van der Waals surface area (Å²) in [6, 6.07) is 14.9. The summed E-state index contributed by atoms with van der Waals surface area (Å²) in [6.45, 7) is 5.88. The maximum Gasteiger partial charge on any atom is 0.279 e. The van der Waals surface area contributed by atoms with Crippen molar-refractivity contribution in [2.24, 2.45) is 0 Å². The van der Waals surface area contributed by atoms with Crippen LogP contribution in [0, 0.1) is 3.57 Å². The molecule has 0 bridgehead atoms. The van der Waals surface area contributed by atoms with Gasteiger partial charge in [0.1, 0.15) is 5.75 Å². The van der Waals surface area contributed by atoms with Gasteiger partial charge in [-0.25, -0.2) is 0 Å². The van der Waals surface area contributed by atoms with E-state index in [4.69, 9.17) is 4.74 Å². The molecule has 2 aromatic carbocycles. The third kappa shape index (κ3) is 5.20. The van der Waals surface area contributed by atoms with Gasteiger partial charge in [0.2, 0.25) is 0 Å². The second kappa shape index (κ2) is 9.56. The summed E-state index contributed by atoms with van der Waals surface area (Å²) in [4.78, 5) is 24.4. The monoisotopic (exact) mass is 466 g/mol. The molecule has 0 aromatic heterocycles. The van der Waals surface area contributed by atoms with Crippen LogP contribution in [-0.2, 0) is 4.79 Å². The van der Waals surface area contributed by atoms with Gasteiger partial charge in [-0.05, 0) is 65.6 Å². The highest BCUT2D eigenvalue weighted by Crippen LogP contribution is 2.29. The highest BCUT2D eigenvalue weighted by Gasteiger charge is 2.19. The number of hydrogen-bond acceptors (Lipinski definition) is 3. The van der Waals surface area contributed by atoms with Crippen molar-refractivity contribution in [1.82, 2.24) is 10.9 Å². The predicted molar refractivity (Wildman–Crippen MR) is 110 cm³/mol. The minimum absolute atomic E-state index is 0.335. The molecule has 2 aromatic rings. The Morgan fingerprint density at radius 1 is 1.04 bits per heavy atom. The molecule has 0 spiro atoms. The second-order valence-electron chi connectivity index (χ2n) is 6.03. The average molecular weight is 466 g/mol. The van der Waals surface area contributed by atoms with Crippen LogP contribution in [0.25, 0.3) is 0 Å². The van der Waals surface area contributed by atoms with E-state index in [0.717, 1.165) is 15.6 Å². The molecule has 0 aliphatic heterocycles. The maximum atomic E-state index is 12.3. The Kier molecular flexibility index (Phi) is 7.44. The Morgan fingerprint density at radius 2 is 1.69 bits per heavy atom. The first kappa shape index (κ1) is 20.2. The normalized spacial score (nSPS) is 12.8. The molecule has 0 aliphatic rings. The van der Waals surface area contributed by atoms with Crippen molar-refractivity contribution in [3.05, 3.63) is 63.2 Å². The lowest BCUT2D eigenvalue weighted by molar-refractivity contribution is -0.128. The summed E-state index contributed by atoms with van der Waals surface area (Å²) in [5.41, 5.74) is 6.43. The largest absolute Gasteiger partial charge is 0.481 e. The molecule has 2 amide bonds. The van der Waals surface area contributed by atoms with Crippen LogP contribution in [-0.4, -0.2) is 17.9 Å². The molecule has 0 fully saturated rings. The van der Waals surface area contributed by atoms with Gasteiger partial charge in [0, 0.05) is 3.57 Å². The van der Waals surface area contributed by atoms with Crippen molar-refractivity contribution in [3.8, 4) is 5.75 Å². The van der Waals surface area contributed by atoms with Crippen LogP contribution >= 0.6 is 22.6 Å². The topological polar surface area (TPSA) is 67.4 Å². The fourth-order valence-corrected chi connectivity index (χ4v) is 3.02. The summed E-state index contributed by atoms with van der Waals surface area (Å²) < 4.78 is 6.64. The quantitative estimate of drug-likeness (QED) is 0.499. The van der Waals surface area contributed by atoms with Crippen molar-refractivity contribution in [2.45, 2.75) is 39.2 Å². The zero-order valence-corrected chi connectivity index (χ0v) is 17.2. The fraction of sp³-hybridized carbons (Fsp3) is 0.300. The van der Waals surface area contributed by atoms with Gasteiger partial charge in [-0.2, -0.15) is 0 Å².